The van der Waals surface area contributed by atoms with Gasteiger partial charge in [0.1, 0.15) is 0 Å². The van der Waals surface area contributed by atoms with Gasteiger partial charge in [-0.3, -0.25) is 4.98 Å². The van der Waals surface area contributed by atoms with E-state index in [1.54, 1.807) is 11.8 Å². The van der Waals surface area contributed by atoms with Crippen LogP contribution in [0.2, 0.25) is 0 Å². The lowest BCUT2D eigenvalue weighted by Gasteiger charge is -2.29. The maximum absolute atomic E-state index is 4.91. The molecule has 1 atom stereocenters. The molecule has 23 heavy (non-hydrogen) atoms. The lowest BCUT2D eigenvalue weighted by Crippen LogP contribution is -2.23. The molecule has 0 saturated heterocycles. The van der Waals surface area contributed by atoms with Crippen LogP contribution in [0.5, 0.6) is 0 Å². The van der Waals surface area contributed by atoms with E-state index in [0.29, 0.717) is 5.92 Å². The highest BCUT2D eigenvalue weighted by Crippen LogP contribution is 2.40. The van der Waals surface area contributed by atoms with Gasteiger partial charge in [-0.25, -0.2) is 0 Å². The molecular formula is C19H25N3S. The number of thioether (sulfide) groups is 1. The van der Waals surface area contributed by atoms with Gasteiger partial charge in [-0.05, 0) is 56.4 Å². The van der Waals surface area contributed by atoms with E-state index in [4.69, 9.17) is 4.98 Å². The lowest BCUT2D eigenvalue weighted by molar-refractivity contribution is 0.702. The third-order valence-corrected chi connectivity index (χ3v) is 5.41. The number of hydrogen-bond donors (Lipinski definition) is 1. The second-order valence-corrected chi connectivity index (χ2v) is 7.03. The molecule has 1 aliphatic rings. The molecule has 1 fully saturated rings. The third-order valence-electron chi connectivity index (χ3n) is 4.65. The zero-order valence-electron chi connectivity index (χ0n) is 14.3. The average molecular weight is 327 g/mol. The first-order chi connectivity index (χ1) is 11.1. The van der Waals surface area contributed by atoms with E-state index >= 15 is 0 Å². The second kappa shape index (κ2) is 6.83. The van der Waals surface area contributed by atoms with Crippen molar-refractivity contribution in [1.82, 2.24) is 4.98 Å². The summed E-state index contributed by atoms with van der Waals surface area (Å²) in [6.45, 7) is 2.23. The number of aromatic nitrogens is 1. The number of nitrogens with zero attached hydrogens (tertiary/aromatic N) is 2. The largest absolute Gasteiger partial charge is 0.388 e. The van der Waals surface area contributed by atoms with Crippen LogP contribution in [-0.4, -0.2) is 25.3 Å². The number of benzene rings is 1. The fraction of sp³-hybridized carbons (Fsp3) is 0.421. The minimum atomic E-state index is 0.250. The van der Waals surface area contributed by atoms with Crippen LogP contribution in [-0.2, 0) is 0 Å². The summed E-state index contributed by atoms with van der Waals surface area (Å²) in [6.07, 6.45) is 4.72. The maximum Gasteiger partial charge on any atom is 0.0682 e. The van der Waals surface area contributed by atoms with E-state index in [-0.39, 0.29) is 6.04 Å². The minimum absolute atomic E-state index is 0.250. The van der Waals surface area contributed by atoms with Crippen LogP contribution in [0.15, 0.2) is 41.3 Å². The van der Waals surface area contributed by atoms with Gasteiger partial charge in [0.15, 0.2) is 0 Å². The Morgan fingerprint density at radius 1 is 1.26 bits per heavy atom. The molecule has 1 unspecified atom stereocenters. The molecule has 0 radical (unpaired) electrons. The third kappa shape index (κ3) is 3.47. The van der Waals surface area contributed by atoms with Crippen molar-refractivity contribution in [2.24, 2.45) is 0 Å². The number of nitrogens with one attached hydrogen (secondary N) is 1. The molecule has 3 rings (SSSR count). The number of rotatable bonds is 6. The Balaban J connectivity index is 1.87. The summed E-state index contributed by atoms with van der Waals surface area (Å²) >= 11 is 1.78. The topological polar surface area (TPSA) is 28.2 Å². The summed E-state index contributed by atoms with van der Waals surface area (Å²) in [4.78, 5) is 8.52. The molecular weight excluding hydrogens is 302 g/mol. The van der Waals surface area contributed by atoms with Gasteiger partial charge in [0.25, 0.3) is 0 Å². The first kappa shape index (κ1) is 16.2. The van der Waals surface area contributed by atoms with E-state index < -0.39 is 0 Å². The molecule has 0 aliphatic heterocycles. The predicted octanol–water partition coefficient (Wildman–Crippen LogP) is 4.92. The van der Waals surface area contributed by atoms with Crippen molar-refractivity contribution in [1.29, 1.82) is 0 Å². The van der Waals surface area contributed by atoms with Crippen molar-refractivity contribution in [3.63, 3.8) is 0 Å². The second-order valence-electron chi connectivity index (χ2n) is 6.19. The molecule has 2 aromatic rings. The van der Waals surface area contributed by atoms with Crippen molar-refractivity contribution < 1.29 is 0 Å². The van der Waals surface area contributed by atoms with Crippen molar-refractivity contribution in [2.45, 2.75) is 36.6 Å². The van der Waals surface area contributed by atoms with E-state index in [2.05, 4.69) is 66.8 Å². The summed E-state index contributed by atoms with van der Waals surface area (Å²) in [5, 5.41) is 3.21. The molecule has 122 valence electrons. The summed E-state index contributed by atoms with van der Waals surface area (Å²) in [5.41, 5.74) is 4.82. The highest BCUT2D eigenvalue weighted by Gasteiger charge is 2.26. The summed E-state index contributed by atoms with van der Waals surface area (Å²) in [7, 11) is 4.11. The minimum Gasteiger partial charge on any atom is -0.388 e. The van der Waals surface area contributed by atoms with Gasteiger partial charge >= 0.3 is 0 Å². The van der Waals surface area contributed by atoms with Crippen LogP contribution in [0.4, 0.5) is 11.4 Å². The molecule has 0 amide bonds. The Morgan fingerprint density at radius 3 is 2.70 bits per heavy atom. The van der Waals surface area contributed by atoms with Gasteiger partial charge in [-0.1, -0.05) is 6.07 Å². The van der Waals surface area contributed by atoms with Crippen LogP contribution in [0.1, 0.15) is 43.1 Å². The van der Waals surface area contributed by atoms with Crippen LogP contribution in [0, 0.1) is 0 Å². The first-order valence-corrected chi connectivity index (χ1v) is 9.42. The van der Waals surface area contributed by atoms with Gasteiger partial charge < -0.3 is 10.2 Å². The Bertz CT molecular complexity index is 682. The molecule has 1 N–H and O–H groups in total. The Kier molecular flexibility index (Phi) is 4.81. The van der Waals surface area contributed by atoms with Gasteiger partial charge in [0, 0.05) is 36.3 Å². The molecule has 1 aliphatic carbocycles. The van der Waals surface area contributed by atoms with Crippen molar-refractivity contribution in [3.8, 4) is 0 Å². The number of pyridine rings is 1. The van der Waals surface area contributed by atoms with Crippen molar-refractivity contribution in [3.05, 3.63) is 47.8 Å². The molecule has 0 spiro atoms. The zero-order valence-corrected chi connectivity index (χ0v) is 15.2. The number of anilines is 2. The van der Waals surface area contributed by atoms with E-state index in [1.807, 2.05) is 7.05 Å². The Labute approximate surface area is 143 Å². The number of hydrogen-bond acceptors (Lipinski definition) is 4. The highest BCUT2D eigenvalue weighted by atomic mass is 32.2. The lowest BCUT2D eigenvalue weighted by atomic mass is 10.1. The fourth-order valence-electron chi connectivity index (χ4n) is 2.84. The van der Waals surface area contributed by atoms with Gasteiger partial charge in [-0.2, -0.15) is 0 Å². The van der Waals surface area contributed by atoms with Gasteiger partial charge in [0.2, 0.25) is 0 Å². The summed E-state index contributed by atoms with van der Waals surface area (Å²) in [5.74, 6) is 0.698. The quantitative estimate of drug-likeness (QED) is 0.762. The van der Waals surface area contributed by atoms with Crippen LogP contribution >= 0.6 is 11.8 Å². The molecule has 4 heteroatoms. The van der Waals surface area contributed by atoms with Crippen molar-refractivity contribution in [2.75, 3.05) is 30.6 Å². The molecule has 1 aromatic carbocycles. The summed E-state index contributed by atoms with van der Waals surface area (Å²) < 4.78 is 0. The average Bonchev–Trinajstić information content (AvgIpc) is 3.45. The normalized spacial score (nSPS) is 15.3. The van der Waals surface area contributed by atoms with Crippen LogP contribution in [0.3, 0.4) is 0 Å². The summed E-state index contributed by atoms with van der Waals surface area (Å²) in [6, 6.07) is 13.2. The molecule has 1 aromatic heterocycles. The standard InChI is InChI=1S/C19H25N3S/c1-13(16-6-5-7-17(21-16)14-8-9-14)22(3)18-11-10-15(20-2)12-19(18)23-4/h5-7,10-14,20H,8-9H2,1-4H3. The zero-order chi connectivity index (χ0) is 16.4. The molecule has 3 nitrogen and oxygen atoms in total. The van der Waals surface area contributed by atoms with Gasteiger partial charge in [-0.15, -0.1) is 11.8 Å². The predicted molar refractivity (Wildman–Crippen MR) is 101 cm³/mol. The smallest absolute Gasteiger partial charge is 0.0682 e. The monoisotopic (exact) mass is 327 g/mol. The maximum atomic E-state index is 4.91. The van der Waals surface area contributed by atoms with E-state index in [0.717, 1.165) is 11.4 Å². The Morgan fingerprint density at radius 2 is 2.04 bits per heavy atom. The fourth-order valence-corrected chi connectivity index (χ4v) is 3.51. The molecule has 1 saturated carbocycles. The van der Waals surface area contributed by atoms with E-state index in [1.165, 1.54) is 29.1 Å². The SMILES string of the molecule is CNc1ccc(N(C)C(C)c2cccc(C3CC3)n2)c(SC)c1. The molecule has 0 bridgehead atoms. The van der Waals surface area contributed by atoms with E-state index in [9.17, 15) is 0 Å². The molecule has 1 heterocycles. The van der Waals surface area contributed by atoms with Crippen LogP contribution in [0.25, 0.3) is 0 Å². The first-order valence-electron chi connectivity index (χ1n) is 8.19. The van der Waals surface area contributed by atoms with Gasteiger partial charge in [0.05, 0.1) is 17.4 Å². The highest BCUT2D eigenvalue weighted by molar-refractivity contribution is 7.98. The van der Waals surface area contributed by atoms with Crippen LogP contribution < -0.4 is 10.2 Å². The Hall–Kier alpha value is -1.68. The van der Waals surface area contributed by atoms with Crippen molar-refractivity contribution >= 4 is 23.1 Å².